The molecule has 0 saturated heterocycles. The summed E-state index contributed by atoms with van der Waals surface area (Å²) in [5, 5.41) is 15.2. The van der Waals surface area contributed by atoms with E-state index in [1.54, 1.807) is 0 Å². The van der Waals surface area contributed by atoms with Crippen LogP contribution in [0.4, 0.5) is 0 Å². The van der Waals surface area contributed by atoms with Crippen LogP contribution in [0.15, 0.2) is 24.5 Å². The van der Waals surface area contributed by atoms with Crippen LogP contribution < -0.4 is 0 Å². The van der Waals surface area contributed by atoms with Gasteiger partial charge in [0, 0.05) is 5.56 Å². The van der Waals surface area contributed by atoms with Gasteiger partial charge >= 0.3 is 0 Å². The summed E-state index contributed by atoms with van der Waals surface area (Å²) in [6.45, 7) is 4.13. The molecule has 0 aliphatic heterocycles. The monoisotopic (exact) mass is 186 g/mol. The van der Waals surface area contributed by atoms with Crippen LogP contribution in [0.3, 0.4) is 0 Å². The highest BCUT2D eigenvalue weighted by molar-refractivity contribution is 5.56. The molecule has 0 spiro atoms. The molecule has 0 fully saturated rings. The Labute approximate surface area is 82.0 Å². The van der Waals surface area contributed by atoms with Crippen LogP contribution in [0.2, 0.25) is 0 Å². The predicted octanol–water partition coefficient (Wildman–Crippen LogP) is 1.55. The fourth-order valence-corrected chi connectivity index (χ4v) is 1.20. The summed E-state index contributed by atoms with van der Waals surface area (Å²) < 4.78 is 0. The smallest absolute Gasteiger partial charge is 0.135 e. The number of hydrogen-bond donors (Lipinski definition) is 0. The zero-order valence-corrected chi connectivity index (χ0v) is 8.10. The molecule has 1 aromatic carbocycles. The zero-order chi connectivity index (χ0) is 9.97. The fraction of sp³-hybridized carbons (Fsp3) is 0.200. The Bertz CT molecular complexity index is 439. The molecule has 0 atom stereocenters. The van der Waals surface area contributed by atoms with Gasteiger partial charge in [-0.25, -0.2) is 0 Å². The van der Waals surface area contributed by atoms with E-state index >= 15 is 0 Å². The van der Waals surface area contributed by atoms with Gasteiger partial charge in [-0.3, -0.25) is 0 Å². The van der Waals surface area contributed by atoms with Crippen LogP contribution >= 0.6 is 0 Å². The molecule has 0 amide bonds. The number of hydrogen-bond acceptors (Lipinski definition) is 4. The fourth-order valence-electron chi connectivity index (χ4n) is 1.20. The minimum atomic E-state index is 0.565. The quantitative estimate of drug-likeness (QED) is 0.678. The third kappa shape index (κ3) is 1.59. The minimum Gasteiger partial charge on any atom is -0.135 e. The summed E-state index contributed by atoms with van der Waals surface area (Å²) in [4.78, 5) is 0. The second kappa shape index (κ2) is 3.49. The molecule has 0 saturated carbocycles. The summed E-state index contributed by atoms with van der Waals surface area (Å²) in [6.07, 6.45) is 1.32. The Balaban J connectivity index is 2.48. The number of aromatic nitrogens is 4. The van der Waals surface area contributed by atoms with Crippen molar-refractivity contribution in [2.24, 2.45) is 0 Å². The summed E-state index contributed by atoms with van der Waals surface area (Å²) in [7, 11) is 0. The molecule has 2 rings (SSSR count). The molecule has 1 aromatic heterocycles. The van der Waals surface area contributed by atoms with E-state index < -0.39 is 0 Å². The van der Waals surface area contributed by atoms with E-state index in [1.165, 1.54) is 17.5 Å². The third-order valence-electron chi connectivity index (χ3n) is 2.17. The highest BCUT2D eigenvalue weighted by atomic mass is 15.3. The van der Waals surface area contributed by atoms with Crippen molar-refractivity contribution >= 4 is 0 Å². The van der Waals surface area contributed by atoms with Gasteiger partial charge in [-0.1, -0.05) is 12.1 Å². The standard InChI is InChI=1S/C10H10N4/c1-7-3-4-9(5-8(7)2)10-13-11-6-12-14-10/h3-6H,1-2H3. The molecule has 14 heavy (non-hydrogen) atoms. The van der Waals surface area contributed by atoms with E-state index in [4.69, 9.17) is 0 Å². The lowest BCUT2D eigenvalue weighted by Crippen LogP contribution is -1.94. The molecule has 1 heterocycles. The summed E-state index contributed by atoms with van der Waals surface area (Å²) in [5.74, 6) is 0.565. The second-order valence-electron chi connectivity index (χ2n) is 3.17. The highest BCUT2D eigenvalue weighted by Crippen LogP contribution is 2.16. The van der Waals surface area contributed by atoms with Gasteiger partial charge in [0.05, 0.1) is 0 Å². The molecular formula is C10H10N4. The van der Waals surface area contributed by atoms with Crippen LogP contribution in [0, 0.1) is 13.8 Å². The first-order valence-corrected chi connectivity index (χ1v) is 4.35. The van der Waals surface area contributed by atoms with E-state index in [9.17, 15) is 0 Å². The van der Waals surface area contributed by atoms with Crippen molar-refractivity contribution in [1.29, 1.82) is 0 Å². The summed E-state index contributed by atoms with van der Waals surface area (Å²) in [6, 6.07) is 6.05. The Kier molecular flexibility index (Phi) is 2.18. The average Bonchev–Trinajstić information content (AvgIpc) is 2.23. The van der Waals surface area contributed by atoms with Crippen molar-refractivity contribution in [3.8, 4) is 11.4 Å². The second-order valence-corrected chi connectivity index (χ2v) is 3.17. The molecule has 0 N–H and O–H groups in total. The molecular weight excluding hydrogens is 176 g/mol. The van der Waals surface area contributed by atoms with Crippen LogP contribution in [0.1, 0.15) is 11.1 Å². The van der Waals surface area contributed by atoms with Gasteiger partial charge in [0.15, 0.2) is 6.33 Å². The minimum absolute atomic E-state index is 0.565. The highest BCUT2D eigenvalue weighted by Gasteiger charge is 2.02. The van der Waals surface area contributed by atoms with E-state index in [0.29, 0.717) is 5.82 Å². The maximum atomic E-state index is 3.90. The first-order valence-electron chi connectivity index (χ1n) is 4.35. The molecule has 4 nitrogen and oxygen atoms in total. The van der Waals surface area contributed by atoms with Gasteiger partial charge in [0.1, 0.15) is 0 Å². The maximum Gasteiger partial charge on any atom is 0.203 e. The molecule has 0 bridgehead atoms. The Morgan fingerprint density at radius 3 is 2.29 bits per heavy atom. The van der Waals surface area contributed by atoms with Crippen molar-refractivity contribution in [3.05, 3.63) is 35.7 Å². The average molecular weight is 186 g/mol. The molecule has 4 heteroatoms. The normalized spacial score (nSPS) is 10.1. The summed E-state index contributed by atoms with van der Waals surface area (Å²) >= 11 is 0. The van der Waals surface area contributed by atoms with E-state index in [1.807, 2.05) is 18.2 Å². The lowest BCUT2D eigenvalue weighted by molar-refractivity contribution is 0.864. The van der Waals surface area contributed by atoms with Crippen LogP contribution in [0.25, 0.3) is 11.4 Å². The Hall–Kier alpha value is -1.84. The maximum absolute atomic E-state index is 3.90. The number of nitrogens with zero attached hydrogens (tertiary/aromatic N) is 4. The van der Waals surface area contributed by atoms with E-state index in [-0.39, 0.29) is 0 Å². The molecule has 70 valence electrons. The van der Waals surface area contributed by atoms with Gasteiger partial charge in [0.25, 0.3) is 0 Å². The van der Waals surface area contributed by atoms with E-state index in [0.717, 1.165) is 5.56 Å². The molecule has 0 aliphatic carbocycles. The first kappa shape index (κ1) is 8.74. The Morgan fingerprint density at radius 1 is 0.929 bits per heavy atom. The van der Waals surface area contributed by atoms with Gasteiger partial charge in [-0.2, -0.15) is 0 Å². The van der Waals surface area contributed by atoms with Gasteiger partial charge in [-0.05, 0) is 31.0 Å². The molecule has 0 radical (unpaired) electrons. The van der Waals surface area contributed by atoms with Gasteiger partial charge in [0.2, 0.25) is 5.82 Å². The predicted molar refractivity (Wildman–Crippen MR) is 52.5 cm³/mol. The van der Waals surface area contributed by atoms with Crippen molar-refractivity contribution in [1.82, 2.24) is 20.4 Å². The first-order chi connectivity index (χ1) is 6.77. The third-order valence-corrected chi connectivity index (χ3v) is 2.17. The Morgan fingerprint density at radius 2 is 1.64 bits per heavy atom. The largest absolute Gasteiger partial charge is 0.203 e. The van der Waals surface area contributed by atoms with Crippen LogP contribution in [0.5, 0.6) is 0 Å². The lowest BCUT2D eigenvalue weighted by atomic mass is 10.1. The molecule has 0 aliphatic rings. The number of aryl methyl sites for hydroxylation is 2. The van der Waals surface area contributed by atoms with E-state index in [2.05, 4.69) is 34.2 Å². The van der Waals surface area contributed by atoms with Gasteiger partial charge < -0.3 is 0 Å². The molecule has 0 unspecified atom stereocenters. The van der Waals surface area contributed by atoms with Crippen LogP contribution in [-0.2, 0) is 0 Å². The van der Waals surface area contributed by atoms with Crippen LogP contribution in [-0.4, -0.2) is 20.4 Å². The summed E-state index contributed by atoms with van der Waals surface area (Å²) in [5.41, 5.74) is 3.43. The molecule has 2 aromatic rings. The topological polar surface area (TPSA) is 51.6 Å². The van der Waals surface area contributed by atoms with Crippen molar-refractivity contribution in [2.45, 2.75) is 13.8 Å². The number of rotatable bonds is 1. The number of benzene rings is 1. The lowest BCUT2D eigenvalue weighted by Gasteiger charge is -2.01. The van der Waals surface area contributed by atoms with Crippen molar-refractivity contribution in [2.75, 3.05) is 0 Å². The van der Waals surface area contributed by atoms with Crippen molar-refractivity contribution < 1.29 is 0 Å². The van der Waals surface area contributed by atoms with Crippen molar-refractivity contribution in [3.63, 3.8) is 0 Å². The van der Waals surface area contributed by atoms with Gasteiger partial charge in [-0.15, -0.1) is 20.4 Å². The zero-order valence-electron chi connectivity index (χ0n) is 8.10. The SMILES string of the molecule is Cc1ccc(-c2nncnn2)cc1C.